The quantitative estimate of drug-likeness (QED) is 0.160. The van der Waals surface area contributed by atoms with Crippen LogP contribution in [0.5, 0.6) is 0 Å². The lowest BCUT2D eigenvalue weighted by atomic mass is 9.76. The van der Waals surface area contributed by atoms with Crippen molar-refractivity contribution in [1.29, 1.82) is 0 Å². The van der Waals surface area contributed by atoms with E-state index in [1.54, 1.807) is 0 Å². The fourth-order valence-electron chi connectivity index (χ4n) is 10.6. The Hall–Kier alpha value is -6.84. The molecule has 0 saturated carbocycles. The van der Waals surface area contributed by atoms with Gasteiger partial charge in [-0.2, -0.15) is 0 Å². The lowest BCUT2D eigenvalue weighted by Crippen LogP contribution is -2.22. The number of anilines is 6. The van der Waals surface area contributed by atoms with Crippen LogP contribution in [-0.2, 0) is 18.3 Å². The zero-order chi connectivity index (χ0) is 39.7. The number of para-hydroxylation sites is 4. The topological polar surface area (TPSA) is 11.4 Å². The van der Waals surface area contributed by atoms with Gasteiger partial charge >= 0.3 is 0 Å². The summed E-state index contributed by atoms with van der Waals surface area (Å²) in [5.41, 5.74) is 20.5. The average Bonchev–Trinajstić information content (AvgIpc) is 3.93. The van der Waals surface area contributed by atoms with Crippen molar-refractivity contribution < 1.29 is 0 Å². The van der Waals surface area contributed by atoms with Gasteiger partial charge in [0, 0.05) is 50.3 Å². The molecular formula is C56H47N3. The molecule has 286 valence electrons. The fourth-order valence-corrected chi connectivity index (χ4v) is 10.6. The summed E-state index contributed by atoms with van der Waals surface area (Å²) in [5.74, 6) is 0. The first kappa shape index (κ1) is 35.3. The molecule has 1 spiro atoms. The van der Waals surface area contributed by atoms with Crippen molar-refractivity contribution in [1.82, 2.24) is 4.57 Å². The smallest absolute Gasteiger partial charge is 0.0562 e. The van der Waals surface area contributed by atoms with Crippen LogP contribution in [0.25, 0.3) is 27.5 Å². The van der Waals surface area contributed by atoms with Crippen molar-refractivity contribution in [3.8, 4) is 5.69 Å². The van der Waals surface area contributed by atoms with E-state index in [2.05, 4.69) is 217 Å². The first-order valence-electron chi connectivity index (χ1n) is 21.1. The number of aryl methyl sites for hydroxylation is 5. The molecule has 0 amide bonds. The molecule has 11 rings (SSSR count). The zero-order valence-corrected chi connectivity index (χ0v) is 34.0. The van der Waals surface area contributed by atoms with Gasteiger partial charge in [-0.15, -0.1) is 0 Å². The molecule has 0 unspecified atom stereocenters. The van der Waals surface area contributed by atoms with E-state index < -0.39 is 0 Å². The van der Waals surface area contributed by atoms with Crippen molar-refractivity contribution in [2.75, 3.05) is 9.80 Å². The van der Waals surface area contributed by atoms with E-state index >= 15 is 0 Å². The molecule has 1 atom stereocenters. The van der Waals surface area contributed by atoms with Gasteiger partial charge in [0.2, 0.25) is 0 Å². The zero-order valence-electron chi connectivity index (χ0n) is 34.0. The molecule has 9 aromatic rings. The number of fused-ring (bicyclic) bond motifs is 7. The Labute approximate surface area is 347 Å². The Bertz CT molecular complexity index is 2980. The molecule has 1 aromatic heterocycles. The Morgan fingerprint density at radius 1 is 0.441 bits per heavy atom. The van der Waals surface area contributed by atoms with Crippen molar-refractivity contribution >= 4 is 55.9 Å². The largest absolute Gasteiger partial charge is 0.310 e. The molecule has 3 nitrogen and oxygen atoms in total. The molecule has 0 radical (unpaired) electrons. The monoisotopic (exact) mass is 761 g/mol. The van der Waals surface area contributed by atoms with E-state index in [9.17, 15) is 0 Å². The summed E-state index contributed by atoms with van der Waals surface area (Å²) < 4.78 is 2.47. The summed E-state index contributed by atoms with van der Waals surface area (Å²) in [6.45, 7) is 6.75. The third kappa shape index (κ3) is 5.71. The molecule has 0 saturated heterocycles. The SMILES string of the molecule is Cc1cc(C)c2c3cc(C)c(N(c4ccccc4)c4ccc5c(c4)[C@]4(CCc6ccc(N(c7ccccc7)c7ccccc7)cc64)CC5)cc3n(-c3ccccc3)c2c1. The van der Waals surface area contributed by atoms with Crippen molar-refractivity contribution in [2.45, 2.75) is 51.9 Å². The summed E-state index contributed by atoms with van der Waals surface area (Å²) in [5, 5.41) is 2.62. The maximum Gasteiger partial charge on any atom is 0.0562 e. The number of nitrogens with zero attached hydrogens (tertiary/aromatic N) is 3. The Morgan fingerprint density at radius 3 is 1.51 bits per heavy atom. The van der Waals surface area contributed by atoms with Crippen LogP contribution < -0.4 is 9.80 Å². The minimum atomic E-state index is -0.0355. The van der Waals surface area contributed by atoms with Crippen LogP contribution in [0.3, 0.4) is 0 Å². The second-order valence-corrected chi connectivity index (χ2v) is 16.7. The number of aromatic nitrogens is 1. The highest BCUT2D eigenvalue weighted by Crippen LogP contribution is 2.55. The average molecular weight is 762 g/mol. The van der Waals surface area contributed by atoms with Crippen LogP contribution in [0.15, 0.2) is 182 Å². The van der Waals surface area contributed by atoms with Gasteiger partial charge in [-0.3, -0.25) is 0 Å². The van der Waals surface area contributed by atoms with Gasteiger partial charge < -0.3 is 14.4 Å². The Kier molecular flexibility index (Phi) is 8.34. The van der Waals surface area contributed by atoms with Gasteiger partial charge in [0.1, 0.15) is 0 Å². The fraction of sp³-hybridized carbons (Fsp3) is 0.143. The van der Waals surface area contributed by atoms with Gasteiger partial charge in [0.05, 0.1) is 16.7 Å². The van der Waals surface area contributed by atoms with Gasteiger partial charge in [-0.05, 0) is 176 Å². The lowest BCUT2D eigenvalue weighted by Gasteiger charge is -2.32. The highest BCUT2D eigenvalue weighted by Gasteiger charge is 2.45. The number of hydrogen-bond acceptors (Lipinski definition) is 2. The van der Waals surface area contributed by atoms with Crippen molar-refractivity contribution in [3.05, 3.63) is 221 Å². The predicted octanol–water partition coefficient (Wildman–Crippen LogP) is 14.8. The molecule has 3 heteroatoms. The van der Waals surface area contributed by atoms with E-state index in [1.807, 2.05) is 0 Å². The van der Waals surface area contributed by atoms with Crippen LogP contribution in [0.4, 0.5) is 34.1 Å². The third-order valence-corrected chi connectivity index (χ3v) is 13.2. The van der Waals surface area contributed by atoms with Gasteiger partial charge in [-0.1, -0.05) is 91.0 Å². The highest BCUT2D eigenvalue weighted by atomic mass is 15.2. The first-order chi connectivity index (χ1) is 29.0. The van der Waals surface area contributed by atoms with Crippen LogP contribution >= 0.6 is 0 Å². The maximum absolute atomic E-state index is 2.55. The standard InChI is InChI=1S/C56H47N3/c1-38-32-40(3)55-49-34-39(2)52(37-53(49)59(54(55)33-38)46-22-14-7-15-23-46)58(45-20-12-6-13-21-45)48-27-25-42-29-31-56(51(42)36-48)30-28-41-24-26-47(35-50(41)56)57(43-16-8-4-9-17-43)44-18-10-5-11-19-44/h4-27,32-37H,28-31H2,1-3H3/t56-/m1/s1. The molecule has 0 fully saturated rings. The van der Waals surface area contributed by atoms with Gasteiger partial charge in [0.25, 0.3) is 0 Å². The highest BCUT2D eigenvalue weighted by molar-refractivity contribution is 6.12. The van der Waals surface area contributed by atoms with E-state index in [-0.39, 0.29) is 5.41 Å². The van der Waals surface area contributed by atoms with E-state index in [0.29, 0.717) is 0 Å². The molecule has 2 aliphatic carbocycles. The molecule has 1 heterocycles. The number of benzene rings is 8. The molecular weight excluding hydrogens is 715 g/mol. The van der Waals surface area contributed by atoms with E-state index in [1.165, 1.54) is 94.9 Å². The van der Waals surface area contributed by atoms with Gasteiger partial charge in [0.15, 0.2) is 0 Å². The molecule has 59 heavy (non-hydrogen) atoms. The van der Waals surface area contributed by atoms with Crippen molar-refractivity contribution in [3.63, 3.8) is 0 Å². The van der Waals surface area contributed by atoms with Crippen LogP contribution in [0, 0.1) is 20.8 Å². The second-order valence-electron chi connectivity index (χ2n) is 16.7. The summed E-state index contributed by atoms with van der Waals surface area (Å²) in [4.78, 5) is 4.91. The normalized spacial score (nSPS) is 15.5. The second kappa shape index (κ2) is 13.9. The van der Waals surface area contributed by atoms with Crippen molar-refractivity contribution in [2.24, 2.45) is 0 Å². The Morgan fingerprint density at radius 2 is 0.949 bits per heavy atom. The third-order valence-electron chi connectivity index (χ3n) is 13.2. The summed E-state index contributed by atoms with van der Waals surface area (Å²) in [6, 6.07) is 67.6. The molecule has 0 aliphatic heterocycles. The molecule has 2 aliphatic rings. The lowest BCUT2D eigenvalue weighted by molar-refractivity contribution is 0.507. The minimum Gasteiger partial charge on any atom is -0.310 e. The van der Waals surface area contributed by atoms with Crippen LogP contribution in [0.2, 0.25) is 0 Å². The van der Waals surface area contributed by atoms with Crippen LogP contribution in [-0.4, -0.2) is 4.57 Å². The molecule has 0 bridgehead atoms. The minimum absolute atomic E-state index is 0.0355. The Balaban J connectivity index is 1.09. The first-order valence-corrected chi connectivity index (χ1v) is 21.1. The van der Waals surface area contributed by atoms with E-state index in [4.69, 9.17) is 0 Å². The van der Waals surface area contributed by atoms with Gasteiger partial charge in [-0.25, -0.2) is 0 Å². The maximum atomic E-state index is 2.55. The summed E-state index contributed by atoms with van der Waals surface area (Å²) in [7, 11) is 0. The summed E-state index contributed by atoms with van der Waals surface area (Å²) in [6.07, 6.45) is 4.44. The van der Waals surface area contributed by atoms with E-state index in [0.717, 1.165) is 31.4 Å². The predicted molar refractivity (Wildman–Crippen MR) is 248 cm³/mol. The molecule has 8 aromatic carbocycles. The molecule has 0 N–H and O–H groups in total. The number of hydrogen-bond donors (Lipinski definition) is 0. The summed E-state index contributed by atoms with van der Waals surface area (Å²) >= 11 is 0. The number of rotatable bonds is 7. The van der Waals surface area contributed by atoms with Crippen LogP contribution in [0.1, 0.15) is 51.8 Å².